The van der Waals surface area contributed by atoms with E-state index in [4.69, 9.17) is 4.74 Å². The number of nitrogens with zero attached hydrogens (tertiary/aromatic N) is 4. The van der Waals surface area contributed by atoms with E-state index >= 15 is 0 Å². The lowest BCUT2D eigenvalue weighted by atomic mass is 10.1. The van der Waals surface area contributed by atoms with Crippen LogP contribution in [0.3, 0.4) is 0 Å². The first-order valence-electron chi connectivity index (χ1n) is 9.17. The molecule has 0 saturated carbocycles. The molecule has 150 valence electrons. The van der Waals surface area contributed by atoms with Crippen molar-refractivity contribution in [3.63, 3.8) is 0 Å². The Hall–Kier alpha value is -1.31. The van der Waals surface area contributed by atoms with E-state index in [1.54, 1.807) is 7.11 Å². The van der Waals surface area contributed by atoms with Crippen LogP contribution < -0.4 is 10.1 Å². The third-order valence-corrected chi connectivity index (χ3v) is 5.39. The monoisotopic (exact) mass is 413 g/mol. The third kappa shape index (κ3) is 5.15. The Labute approximate surface area is 173 Å². The average molecular weight is 414 g/mol. The van der Waals surface area contributed by atoms with E-state index in [0.29, 0.717) is 0 Å². The number of hydrogen-bond acceptors (Lipinski definition) is 5. The van der Waals surface area contributed by atoms with Gasteiger partial charge in [-0.05, 0) is 42.8 Å². The summed E-state index contributed by atoms with van der Waals surface area (Å²) in [4.78, 5) is 5.19. The van der Waals surface area contributed by atoms with Gasteiger partial charge in [-0.1, -0.05) is 0 Å². The Morgan fingerprint density at radius 2 is 2.00 bits per heavy atom. The topological polar surface area (TPSA) is 45.6 Å². The van der Waals surface area contributed by atoms with E-state index in [-0.39, 0.29) is 24.8 Å². The van der Waals surface area contributed by atoms with Crippen molar-refractivity contribution in [2.45, 2.75) is 19.0 Å². The molecule has 0 amide bonds. The zero-order valence-corrected chi connectivity index (χ0v) is 17.3. The molecule has 2 aliphatic rings. The van der Waals surface area contributed by atoms with Gasteiger partial charge in [-0.2, -0.15) is 5.10 Å². The summed E-state index contributed by atoms with van der Waals surface area (Å²) in [7, 11) is 1.72. The molecule has 2 saturated heterocycles. The maximum Gasteiger partial charge on any atom is 0.119 e. The first-order chi connectivity index (χ1) is 12.3. The summed E-state index contributed by atoms with van der Waals surface area (Å²) in [6.45, 7) is 7.81. The maximum atomic E-state index is 5.44. The lowest BCUT2D eigenvalue weighted by molar-refractivity contribution is 0.0980. The second kappa shape index (κ2) is 10.3. The van der Waals surface area contributed by atoms with Crippen molar-refractivity contribution in [2.75, 3.05) is 46.4 Å². The van der Waals surface area contributed by atoms with E-state index in [0.717, 1.165) is 56.7 Å². The number of aromatic nitrogens is 2. The molecule has 1 aromatic heterocycles. The molecule has 1 aromatic carbocycles. The molecular formula is C19H29Cl2N5O. The van der Waals surface area contributed by atoms with Crippen LogP contribution >= 0.6 is 24.8 Å². The molecule has 0 bridgehead atoms. The van der Waals surface area contributed by atoms with Crippen LogP contribution in [0.2, 0.25) is 0 Å². The summed E-state index contributed by atoms with van der Waals surface area (Å²) < 4.78 is 7.38. The van der Waals surface area contributed by atoms with Gasteiger partial charge in [0.1, 0.15) is 5.75 Å². The minimum atomic E-state index is 0. The number of halogens is 2. The molecule has 2 aromatic rings. The lowest BCUT2D eigenvalue weighted by Crippen LogP contribution is -2.50. The highest BCUT2D eigenvalue weighted by Crippen LogP contribution is 2.23. The summed E-state index contributed by atoms with van der Waals surface area (Å²) in [6, 6.07) is 8.94. The number of ether oxygens (including phenoxy) is 1. The smallest absolute Gasteiger partial charge is 0.119 e. The quantitative estimate of drug-likeness (QED) is 0.813. The summed E-state index contributed by atoms with van der Waals surface area (Å²) >= 11 is 0. The Balaban J connectivity index is 0.00000131. The van der Waals surface area contributed by atoms with Gasteiger partial charge in [0.15, 0.2) is 0 Å². The molecule has 3 heterocycles. The minimum absolute atomic E-state index is 0. The fourth-order valence-electron chi connectivity index (χ4n) is 3.93. The lowest BCUT2D eigenvalue weighted by Gasteiger charge is -2.38. The Kier molecular flexibility index (Phi) is 8.38. The average Bonchev–Trinajstić information content (AvgIpc) is 3.36. The zero-order chi connectivity index (χ0) is 17.1. The zero-order valence-electron chi connectivity index (χ0n) is 15.7. The van der Waals surface area contributed by atoms with Gasteiger partial charge in [-0.15, -0.1) is 24.8 Å². The maximum absolute atomic E-state index is 5.44. The highest BCUT2D eigenvalue weighted by atomic mass is 35.5. The van der Waals surface area contributed by atoms with Crippen LogP contribution in [0, 0.1) is 0 Å². The summed E-state index contributed by atoms with van der Waals surface area (Å²) in [6.07, 6.45) is 5.11. The SMILES string of the molecule is COc1ccc(-n2cccn2)c(CN2CCN(C3CCNC3)CC2)c1.Cl.Cl. The largest absolute Gasteiger partial charge is 0.497 e. The van der Waals surface area contributed by atoms with Crippen molar-refractivity contribution in [3.8, 4) is 11.4 Å². The number of hydrogen-bond donors (Lipinski definition) is 1. The molecule has 2 aliphatic heterocycles. The van der Waals surface area contributed by atoms with Gasteiger partial charge in [-0.25, -0.2) is 4.68 Å². The molecule has 2 fully saturated rings. The molecule has 0 radical (unpaired) electrons. The third-order valence-electron chi connectivity index (χ3n) is 5.39. The molecule has 1 N–H and O–H groups in total. The normalized spacial score (nSPS) is 20.7. The molecule has 4 rings (SSSR count). The van der Waals surface area contributed by atoms with Crippen LogP contribution in [-0.4, -0.2) is 72.0 Å². The first-order valence-corrected chi connectivity index (χ1v) is 9.17. The van der Waals surface area contributed by atoms with Crippen LogP contribution in [-0.2, 0) is 6.54 Å². The van der Waals surface area contributed by atoms with Crippen molar-refractivity contribution in [3.05, 3.63) is 42.2 Å². The molecule has 1 atom stereocenters. The van der Waals surface area contributed by atoms with Gasteiger partial charge in [0.25, 0.3) is 0 Å². The van der Waals surface area contributed by atoms with Crippen molar-refractivity contribution in [1.82, 2.24) is 24.9 Å². The molecular weight excluding hydrogens is 385 g/mol. The Morgan fingerprint density at radius 1 is 1.19 bits per heavy atom. The Morgan fingerprint density at radius 3 is 2.63 bits per heavy atom. The van der Waals surface area contributed by atoms with E-state index in [1.165, 1.54) is 18.5 Å². The summed E-state index contributed by atoms with van der Waals surface area (Å²) in [5.74, 6) is 0.904. The number of piperazine rings is 1. The summed E-state index contributed by atoms with van der Waals surface area (Å²) in [5, 5.41) is 7.88. The predicted octanol–water partition coefficient (Wildman–Crippen LogP) is 2.20. The van der Waals surface area contributed by atoms with E-state index < -0.39 is 0 Å². The van der Waals surface area contributed by atoms with Crippen LogP contribution in [0.1, 0.15) is 12.0 Å². The number of benzene rings is 1. The van der Waals surface area contributed by atoms with Crippen molar-refractivity contribution in [2.24, 2.45) is 0 Å². The Bertz CT molecular complexity index is 683. The molecule has 1 unspecified atom stereocenters. The van der Waals surface area contributed by atoms with E-state index in [1.807, 2.05) is 29.2 Å². The highest BCUT2D eigenvalue weighted by molar-refractivity contribution is 5.85. The van der Waals surface area contributed by atoms with Crippen molar-refractivity contribution >= 4 is 24.8 Å². The van der Waals surface area contributed by atoms with Gasteiger partial charge in [0.2, 0.25) is 0 Å². The van der Waals surface area contributed by atoms with E-state index in [9.17, 15) is 0 Å². The first kappa shape index (κ1) is 22.0. The van der Waals surface area contributed by atoms with Crippen molar-refractivity contribution in [1.29, 1.82) is 0 Å². The highest BCUT2D eigenvalue weighted by Gasteiger charge is 2.26. The van der Waals surface area contributed by atoms with Gasteiger partial charge < -0.3 is 10.1 Å². The van der Waals surface area contributed by atoms with Crippen LogP contribution in [0.5, 0.6) is 5.75 Å². The van der Waals surface area contributed by atoms with Gasteiger partial charge in [-0.3, -0.25) is 9.80 Å². The predicted molar refractivity (Wildman–Crippen MR) is 113 cm³/mol. The molecule has 0 spiro atoms. The molecule has 0 aliphatic carbocycles. The minimum Gasteiger partial charge on any atom is -0.497 e. The van der Waals surface area contributed by atoms with Crippen LogP contribution in [0.15, 0.2) is 36.7 Å². The second-order valence-corrected chi connectivity index (χ2v) is 6.90. The molecule has 6 nitrogen and oxygen atoms in total. The summed E-state index contributed by atoms with van der Waals surface area (Å²) in [5.41, 5.74) is 2.40. The standard InChI is InChI=1S/C19H27N5O.2ClH/c1-25-18-3-4-19(24-8-2-6-21-24)16(13-18)15-22-9-11-23(12-10-22)17-5-7-20-14-17;;/h2-4,6,8,13,17,20H,5,7,9-12,14-15H2,1H3;2*1H. The fourth-order valence-corrected chi connectivity index (χ4v) is 3.93. The number of methoxy groups -OCH3 is 1. The second-order valence-electron chi connectivity index (χ2n) is 6.90. The van der Waals surface area contributed by atoms with Gasteiger partial charge in [0, 0.05) is 57.7 Å². The number of nitrogens with one attached hydrogen (secondary N) is 1. The van der Waals surface area contributed by atoms with Gasteiger partial charge >= 0.3 is 0 Å². The van der Waals surface area contributed by atoms with Gasteiger partial charge in [0.05, 0.1) is 12.8 Å². The number of rotatable bonds is 5. The van der Waals surface area contributed by atoms with E-state index in [2.05, 4.69) is 32.3 Å². The van der Waals surface area contributed by atoms with Crippen LogP contribution in [0.4, 0.5) is 0 Å². The molecule has 8 heteroatoms. The van der Waals surface area contributed by atoms with Crippen LogP contribution in [0.25, 0.3) is 5.69 Å². The van der Waals surface area contributed by atoms with Crippen molar-refractivity contribution < 1.29 is 4.74 Å². The molecule has 27 heavy (non-hydrogen) atoms. The fraction of sp³-hybridized carbons (Fsp3) is 0.526.